The first-order valence-corrected chi connectivity index (χ1v) is 9.88. The molecule has 3 aromatic rings. The third-order valence-corrected chi connectivity index (χ3v) is 4.61. The number of hydrogen-bond donors (Lipinski definition) is 1. The fraction of sp³-hybridized carbons (Fsp3) is 0.130. The minimum Gasteiger partial charge on any atom is -0.488 e. The molecule has 3 aromatic carbocycles. The van der Waals surface area contributed by atoms with Gasteiger partial charge in [-0.15, -0.1) is 0 Å². The Morgan fingerprint density at radius 2 is 1.76 bits per heavy atom. The topological polar surface area (TPSA) is 59.9 Å². The summed E-state index contributed by atoms with van der Waals surface area (Å²) in [6, 6.07) is 23.1. The summed E-state index contributed by atoms with van der Waals surface area (Å²) < 4.78 is 12.2. The van der Waals surface area contributed by atoms with E-state index in [1.54, 1.807) is 6.21 Å². The number of para-hydroxylation sites is 1. The van der Waals surface area contributed by atoms with E-state index >= 15 is 0 Å². The highest BCUT2D eigenvalue weighted by Crippen LogP contribution is 2.25. The molecule has 5 nitrogen and oxygen atoms in total. The molecule has 0 fully saturated rings. The van der Waals surface area contributed by atoms with Crippen molar-refractivity contribution in [2.75, 3.05) is 6.61 Å². The first kappa shape index (κ1) is 20.6. The fourth-order valence-corrected chi connectivity index (χ4v) is 3.13. The number of aryl methyl sites for hydroxylation is 1. The Hall–Kier alpha value is -3.12. The lowest BCUT2D eigenvalue weighted by Gasteiger charge is -2.09. The number of nitrogens with zero attached hydrogens (tertiary/aromatic N) is 1. The quantitative estimate of drug-likeness (QED) is 0.391. The van der Waals surface area contributed by atoms with Crippen LogP contribution >= 0.6 is 15.9 Å². The predicted octanol–water partition coefficient (Wildman–Crippen LogP) is 4.87. The van der Waals surface area contributed by atoms with Gasteiger partial charge in [0.15, 0.2) is 6.61 Å². The van der Waals surface area contributed by atoms with Gasteiger partial charge in [0, 0.05) is 5.56 Å². The molecule has 3 rings (SSSR count). The lowest BCUT2D eigenvalue weighted by atomic mass is 10.2. The van der Waals surface area contributed by atoms with Crippen LogP contribution in [0.4, 0.5) is 0 Å². The molecular formula is C23H21BrN2O3. The molecule has 0 aromatic heterocycles. The second-order valence-electron chi connectivity index (χ2n) is 6.33. The van der Waals surface area contributed by atoms with Crippen LogP contribution in [-0.2, 0) is 11.4 Å². The summed E-state index contributed by atoms with van der Waals surface area (Å²) in [6.45, 7) is 2.31. The van der Waals surface area contributed by atoms with Gasteiger partial charge < -0.3 is 9.47 Å². The molecule has 0 atom stereocenters. The van der Waals surface area contributed by atoms with Crippen LogP contribution in [0.2, 0.25) is 0 Å². The van der Waals surface area contributed by atoms with Gasteiger partial charge in [-0.2, -0.15) is 5.10 Å². The van der Waals surface area contributed by atoms with Gasteiger partial charge in [-0.25, -0.2) is 5.43 Å². The Kier molecular flexibility index (Phi) is 7.41. The lowest BCUT2D eigenvalue weighted by Crippen LogP contribution is -2.24. The summed E-state index contributed by atoms with van der Waals surface area (Å²) >= 11 is 3.42. The summed E-state index contributed by atoms with van der Waals surface area (Å²) in [6.07, 6.45) is 1.56. The normalized spacial score (nSPS) is 10.7. The molecule has 29 heavy (non-hydrogen) atoms. The summed E-state index contributed by atoms with van der Waals surface area (Å²) in [7, 11) is 0. The van der Waals surface area contributed by atoms with Crippen molar-refractivity contribution in [3.63, 3.8) is 0 Å². The van der Waals surface area contributed by atoms with Crippen molar-refractivity contribution < 1.29 is 14.3 Å². The minimum atomic E-state index is -0.351. The first-order valence-electron chi connectivity index (χ1n) is 9.08. The molecular weight excluding hydrogens is 432 g/mol. The third kappa shape index (κ3) is 6.47. The maximum Gasteiger partial charge on any atom is 0.277 e. The molecule has 0 aliphatic carbocycles. The van der Waals surface area contributed by atoms with Crippen LogP contribution in [0.3, 0.4) is 0 Å². The molecule has 0 aliphatic rings. The predicted molar refractivity (Wildman–Crippen MR) is 117 cm³/mol. The second kappa shape index (κ2) is 10.4. The van der Waals surface area contributed by atoms with Crippen LogP contribution in [0.25, 0.3) is 0 Å². The van der Waals surface area contributed by atoms with Gasteiger partial charge >= 0.3 is 0 Å². The summed E-state index contributed by atoms with van der Waals surface area (Å²) in [5.74, 6) is 0.944. The van der Waals surface area contributed by atoms with Crippen LogP contribution in [0.15, 0.2) is 82.4 Å². The Morgan fingerprint density at radius 3 is 2.55 bits per heavy atom. The SMILES string of the molecule is Cc1ccc(OCC(=O)N/N=C/c2ccccc2OCc2ccccc2)c(Br)c1. The lowest BCUT2D eigenvalue weighted by molar-refractivity contribution is -0.123. The van der Waals surface area contributed by atoms with E-state index in [1.807, 2.05) is 79.7 Å². The molecule has 0 spiro atoms. The van der Waals surface area contributed by atoms with Crippen LogP contribution in [0, 0.1) is 6.92 Å². The molecule has 1 N–H and O–H groups in total. The van der Waals surface area contributed by atoms with Crippen LogP contribution in [-0.4, -0.2) is 18.7 Å². The van der Waals surface area contributed by atoms with E-state index in [4.69, 9.17) is 9.47 Å². The van der Waals surface area contributed by atoms with E-state index in [0.29, 0.717) is 18.1 Å². The molecule has 0 unspecified atom stereocenters. The average molecular weight is 453 g/mol. The summed E-state index contributed by atoms with van der Waals surface area (Å²) in [5, 5.41) is 4.01. The minimum absolute atomic E-state index is 0.134. The average Bonchev–Trinajstić information content (AvgIpc) is 2.73. The monoisotopic (exact) mass is 452 g/mol. The second-order valence-corrected chi connectivity index (χ2v) is 7.18. The molecule has 0 bridgehead atoms. The molecule has 0 heterocycles. The van der Waals surface area contributed by atoms with Crippen LogP contribution in [0.1, 0.15) is 16.7 Å². The van der Waals surface area contributed by atoms with Gasteiger partial charge in [-0.3, -0.25) is 4.79 Å². The molecule has 1 amide bonds. The smallest absolute Gasteiger partial charge is 0.277 e. The van der Waals surface area contributed by atoms with E-state index < -0.39 is 0 Å². The number of nitrogens with one attached hydrogen (secondary N) is 1. The van der Waals surface area contributed by atoms with Crippen molar-refractivity contribution >= 4 is 28.1 Å². The number of rotatable bonds is 8. The first-order chi connectivity index (χ1) is 14.1. The summed E-state index contributed by atoms with van der Waals surface area (Å²) in [5.41, 5.74) is 5.42. The standard InChI is InChI=1S/C23H21BrN2O3/c1-17-11-12-22(20(24)13-17)29-16-23(27)26-25-14-19-9-5-6-10-21(19)28-15-18-7-3-2-4-8-18/h2-14H,15-16H2,1H3,(H,26,27)/b25-14+. The van der Waals surface area contributed by atoms with Crippen LogP contribution < -0.4 is 14.9 Å². The van der Waals surface area contributed by atoms with Gasteiger partial charge in [-0.05, 0) is 58.2 Å². The molecule has 0 saturated heterocycles. The van der Waals surface area contributed by atoms with Gasteiger partial charge in [0.2, 0.25) is 0 Å². The molecule has 0 aliphatic heterocycles. The van der Waals surface area contributed by atoms with E-state index in [9.17, 15) is 4.79 Å². The number of carbonyl (C=O) groups excluding carboxylic acids is 1. The van der Waals surface area contributed by atoms with E-state index in [0.717, 1.165) is 21.2 Å². The molecule has 0 radical (unpaired) electrons. The van der Waals surface area contributed by atoms with Gasteiger partial charge in [0.25, 0.3) is 5.91 Å². The Morgan fingerprint density at radius 1 is 1.00 bits per heavy atom. The Balaban J connectivity index is 1.52. The maximum absolute atomic E-state index is 12.0. The number of amides is 1. The number of carbonyl (C=O) groups is 1. The number of ether oxygens (including phenoxy) is 2. The van der Waals surface area contributed by atoms with Crippen LogP contribution in [0.5, 0.6) is 11.5 Å². The summed E-state index contributed by atoms with van der Waals surface area (Å²) in [4.78, 5) is 12.0. The molecule has 148 valence electrons. The molecule has 0 saturated carbocycles. The number of hydrogen-bond acceptors (Lipinski definition) is 4. The highest BCUT2D eigenvalue weighted by Gasteiger charge is 2.06. The van der Waals surface area contributed by atoms with Gasteiger partial charge in [0.05, 0.1) is 10.7 Å². The number of halogens is 1. The Bertz CT molecular complexity index is 990. The van der Waals surface area contributed by atoms with E-state index in [1.165, 1.54) is 0 Å². The number of hydrazone groups is 1. The van der Waals surface area contributed by atoms with Crippen molar-refractivity contribution in [1.82, 2.24) is 5.43 Å². The van der Waals surface area contributed by atoms with E-state index in [2.05, 4.69) is 26.5 Å². The van der Waals surface area contributed by atoms with Crippen molar-refractivity contribution in [2.24, 2.45) is 5.10 Å². The van der Waals surface area contributed by atoms with Gasteiger partial charge in [0.1, 0.15) is 18.1 Å². The largest absolute Gasteiger partial charge is 0.488 e. The van der Waals surface area contributed by atoms with Crippen molar-refractivity contribution in [3.05, 3.63) is 94.0 Å². The highest BCUT2D eigenvalue weighted by molar-refractivity contribution is 9.10. The van der Waals surface area contributed by atoms with Crippen molar-refractivity contribution in [2.45, 2.75) is 13.5 Å². The zero-order valence-corrected chi connectivity index (χ0v) is 17.6. The Labute approximate surface area is 178 Å². The molecule has 6 heteroatoms. The maximum atomic E-state index is 12.0. The highest BCUT2D eigenvalue weighted by atomic mass is 79.9. The zero-order valence-electron chi connectivity index (χ0n) is 16.0. The third-order valence-electron chi connectivity index (χ3n) is 4.00. The zero-order chi connectivity index (χ0) is 20.5. The van der Waals surface area contributed by atoms with E-state index in [-0.39, 0.29) is 12.5 Å². The van der Waals surface area contributed by atoms with Crippen molar-refractivity contribution in [3.8, 4) is 11.5 Å². The van der Waals surface area contributed by atoms with Gasteiger partial charge in [-0.1, -0.05) is 48.5 Å². The number of benzene rings is 3. The fourth-order valence-electron chi connectivity index (χ4n) is 2.53. The van der Waals surface area contributed by atoms with Crippen molar-refractivity contribution in [1.29, 1.82) is 0 Å².